The molecule has 1 unspecified atom stereocenters. The van der Waals surface area contributed by atoms with E-state index in [0.29, 0.717) is 0 Å². The summed E-state index contributed by atoms with van der Waals surface area (Å²) in [5.74, 6) is -1.52. The summed E-state index contributed by atoms with van der Waals surface area (Å²) in [6, 6.07) is 0. The van der Waals surface area contributed by atoms with Crippen LogP contribution in [0.2, 0.25) is 0 Å². The molecule has 0 heterocycles. The summed E-state index contributed by atoms with van der Waals surface area (Å²) < 4.78 is 30.8. The summed E-state index contributed by atoms with van der Waals surface area (Å²) in [6.45, 7) is 1.43. The first kappa shape index (κ1) is 10.4. The monoisotopic (exact) mass is 180 g/mol. The molecule has 0 rings (SSSR count). The molecule has 0 saturated carbocycles. The van der Waals surface area contributed by atoms with Crippen molar-refractivity contribution in [1.82, 2.24) is 0 Å². The van der Waals surface area contributed by atoms with E-state index in [2.05, 4.69) is 0 Å². The fourth-order valence-corrected chi connectivity index (χ4v) is 1.38. The van der Waals surface area contributed by atoms with Crippen molar-refractivity contribution in [3.05, 3.63) is 0 Å². The highest BCUT2D eigenvalue weighted by Crippen LogP contribution is 2.06. The Balaban J connectivity index is 4.31. The van der Waals surface area contributed by atoms with Gasteiger partial charge in [0.2, 0.25) is 0 Å². The average Bonchev–Trinajstić information content (AvgIpc) is 1.79. The molecule has 0 N–H and O–H groups in total. The lowest BCUT2D eigenvalue weighted by Gasteiger charge is -2.18. The largest absolute Gasteiger partial charge is 0.748 e. The molecule has 0 amide bonds. The number of carboxylic acids is 1. The van der Waals surface area contributed by atoms with Crippen LogP contribution in [0.25, 0.3) is 0 Å². The second-order valence-electron chi connectivity index (χ2n) is 2.10. The van der Waals surface area contributed by atoms with Gasteiger partial charge in [-0.15, -0.1) is 0 Å². The molecule has 0 aromatic heterocycles. The fraction of sp³-hybridized carbons (Fsp3) is 0.800. The minimum absolute atomic E-state index is 0.000185. The van der Waals surface area contributed by atoms with Gasteiger partial charge in [-0.2, -0.15) is 0 Å². The van der Waals surface area contributed by atoms with E-state index in [1.807, 2.05) is 0 Å². The van der Waals surface area contributed by atoms with Crippen LogP contribution in [0.5, 0.6) is 0 Å². The lowest BCUT2D eigenvalue weighted by atomic mass is 10.2. The van der Waals surface area contributed by atoms with E-state index in [-0.39, 0.29) is 6.42 Å². The van der Waals surface area contributed by atoms with Crippen LogP contribution >= 0.6 is 0 Å². The summed E-state index contributed by atoms with van der Waals surface area (Å²) in [4.78, 5) is 9.90. The van der Waals surface area contributed by atoms with Crippen molar-refractivity contribution in [1.29, 1.82) is 0 Å². The summed E-state index contributed by atoms with van der Waals surface area (Å²) in [6.07, 6.45) is -0.720. The predicted octanol–water partition coefficient (Wildman–Crippen LogP) is -1.55. The van der Waals surface area contributed by atoms with Gasteiger partial charge in [0.05, 0.1) is 15.4 Å². The SMILES string of the molecule is CCC(CC(=O)[O-])S(=O)(=O)[O-]. The van der Waals surface area contributed by atoms with Gasteiger partial charge in [0.1, 0.15) is 0 Å². The summed E-state index contributed by atoms with van der Waals surface area (Å²) in [7, 11) is -4.48. The molecular weight excluding hydrogens is 172 g/mol. The number of carboxylic acid groups (broad SMARTS) is 1. The Morgan fingerprint density at radius 2 is 2.00 bits per heavy atom. The Bertz CT molecular complexity index is 229. The third-order valence-electron chi connectivity index (χ3n) is 1.26. The van der Waals surface area contributed by atoms with E-state index in [9.17, 15) is 22.9 Å². The Kier molecular flexibility index (Phi) is 3.47. The van der Waals surface area contributed by atoms with E-state index in [0.717, 1.165) is 0 Å². The topological polar surface area (TPSA) is 97.3 Å². The Labute approximate surface area is 64.8 Å². The fourth-order valence-electron chi connectivity index (χ4n) is 0.636. The lowest BCUT2D eigenvalue weighted by Crippen LogP contribution is -2.31. The molecule has 11 heavy (non-hydrogen) atoms. The van der Waals surface area contributed by atoms with Crippen LogP contribution in [0, 0.1) is 0 Å². The molecule has 0 aromatic rings. The third-order valence-corrected chi connectivity index (χ3v) is 2.57. The van der Waals surface area contributed by atoms with E-state index >= 15 is 0 Å². The third kappa shape index (κ3) is 3.94. The number of carbonyl (C=O) groups excluding carboxylic acids is 1. The van der Waals surface area contributed by atoms with Crippen LogP contribution < -0.4 is 5.11 Å². The number of carbonyl (C=O) groups is 1. The molecular formula is C5H8O5S-2. The highest BCUT2D eigenvalue weighted by molar-refractivity contribution is 7.86. The molecule has 0 aliphatic rings. The van der Waals surface area contributed by atoms with Gasteiger partial charge < -0.3 is 14.5 Å². The molecule has 0 aliphatic carbocycles. The molecule has 0 aliphatic heterocycles. The van der Waals surface area contributed by atoms with Gasteiger partial charge in [-0.1, -0.05) is 6.92 Å². The summed E-state index contributed by atoms with van der Waals surface area (Å²) >= 11 is 0. The zero-order valence-electron chi connectivity index (χ0n) is 5.94. The first-order chi connectivity index (χ1) is 4.88. The lowest BCUT2D eigenvalue weighted by molar-refractivity contribution is -0.305. The highest BCUT2D eigenvalue weighted by Gasteiger charge is 2.13. The predicted molar refractivity (Wildman–Crippen MR) is 33.4 cm³/mol. The Morgan fingerprint density at radius 3 is 2.09 bits per heavy atom. The Hall–Kier alpha value is -0.620. The van der Waals surface area contributed by atoms with E-state index < -0.39 is 27.8 Å². The number of aliphatic carboxylic acids is 1. The van der Waals surface area contributed by atoms with Crippen LogP contribution in [0.15, 0.2) is 0 Å². The van der Waals surface area contributed by atoms with Gasteiger partial charge in [-0.05, 0) is 6.42 Å². The van der Waals surface area contributed by atoms with Crippen molar-refractivity contribution in [3.8, 4) is 0 Å². The second-order valence-corrected chi connectivity index (χ2v) is 3.75. The maximum atomic E-state index is 10.3. The van der Waals surface area contributed by atoms with Crippen molar-refractivity contribution in [2.45, 2.75) is 25.0 Å². The molecule has 66 valence electrons. The number of rotatable bonds is 4. The molecule has 0 fully saturated rings. The maximum Gasteiger partial charge on any atom is 0.0979 e. The zero-order valence-corrected chi connectivity index (χ0v) is 6.76. The van der Waals surface area contributed by atoms with Crippen molar-refractivity contribution in [3.63, 3.8) is 0 Å². The average molecular weight is 180 g/mol. The first-order valence-electron chi connectivity index (χ1n) is 3.02. The molecule has 0 aromatic carbocycles. The van der Waals surface area contributed by atoms with Gasteiger partial charge in [0.15, 0.2) is 0 Å². The summed E-state index contributed by atoms with van der Waals surface area (Å²) in [5, 5.41) is 8.55. The van der Waals surface area contributed by atoms with Crippen LogP contribution in [-0.2, 0) is 14.9 Å². The quantitative estimate of drug-likeness (QED) is 0.488. The molecule has 5 nitrogen and oxygen atoms in total. The van der Waals surface area contributed by atoms with Crippen LogP contribution in [0.1, 0.15) is 19.8 Å². The zero-order chi connectivity index (χ0) is 9.07. The van der Waals surface area contributed by atoms with Crippen molar-refractivity contribution < 1.29 is 22.9 Å². The summed E-state index contributed by atoms with van der Waals surface area (Å²) in [5.41, 5.74) is 0. The van der Waals surface area contributed by atoms with Gasteiger partial charge in [-0.3, -0.25) is 0 Å². The van der Waals surface area contributed by atoms with Gasteiger partial charge in [0.25, 0.3) is 0 Å². The van der Waals surface area contributed by atoms with Crippen molar-refractivity contribution in [2.75, 3.05) is 0 Å². The Morgan fingerprint density at radius 1 is 1.55 bits per heavy atom. The van der Waals surface area contributed by atoms with Gasteiger partial charge in [-0.25, -0.2) is 8.42 Å². The maximum absolute atomic E-state index is 10.3. The highest BCUT2D eigenvalue weighted by atomic mass is 32.2. The van der Waals surface area contributed by atoms with Crippen LogP contribution in [0.4, 0.5) is 0 Å². The number of hydrogen-bond acceptors (Lipinski definition) is 5. The molecule has 0 spiro atoms. The van der Waals surface area contributed by atoms with Crippen LogP contribution in [-0.4, -0.2) is 24.2 Å². The van der Waals surface area contributed by atoms with Crippen LogP contribution in [0.3, 0.4) is 0 Å². The van der Waals surface area contributed by atoms with Crippen molar-refractivity contribution >= 4 is 16.1 Å². The molecule has 6 heteroatoms. The normalized spacial score (nSPS) is 14.4. The van der Waals surface area contributed by atoms with Crippen molar-refractivity contribution in [2.24, 2.45) is 0 Å². The molecule has 0 bridgehead atoms. The molecule has 0 saturated heterocycles. The number of hydrogen-bond donors (Lipinski definition) is 0. The van der Waals surface area contributed by atoms with Gasteiger partial charge >= 0.3 is 0 Å². The van der Waals surface area contributed by atoms with Gasteiger partial charge in [0, 0.05) is 12.4 Å². The smallest absolute Gasteiger partial charge is 0.0979 e. The second kappa shape index (κ2) is 3.68. The first-order valence-corrected chi connectivity index (χ1v) is 4.49. The standard InChI is InChI=1S/C5H10O5S/c1-2-4(3-5(6)7)11(8,9)10/h4H,2-3H2,1H3,(H,6,7)(H,8,9,10)/p-2. The van der Waals surface area contributed by atoms with E-state index in [4.69, 9.17) is 0 Å². The molecule has 0 radical (unpaired) electrons. The molecule has 1 atom stereocenters. The minimum Gasteiger partial charge on any atom is -0.748 e. The van der Waals surface area contributed by atoms with E-state index in [1.54, 1.807) is 0 Å². The van der Waals surface area contributed by atoms with E-state index in [1.165, 1.54) is 6.92 Å². The minimum atomic E-state index is -4.48.